The Morgan fingerprint density at radius 2 is 1.95 bits per heavy atom. The number of hydrogen-bond donors (Lipinski definition) is 3. The number of alkyl halides is 1. The molecule has 3 N–H and O–H groups in total. The first-order chi connectivity index (χ1) is 21.0. The fourth-order valence-corrected chi connectivity index (χ4v) is 8.99. The number of fused-ring (bicyclic) bond motifs is 2. The summed E-state index contributed by atoms with van der Waals surface area (Å²) in [5.74, 6) is -2.89. The number of aromatic nitrogens is 1. The molecule has 0 radical (unpaired) electrons. The largest absolute Gasteiger partial charge is 0.363 e. The van der Waals surface area contributed by atoms with Crippen molar-refractivity contribution in [2.45, 2.75) is 86.9 Å². The zero-order chi connectivity index (χ0) is 30.8. The van der Waals surface area contributed by atoms with Gasteiger partial charge in [0.25, 0.3) is 5.91 Å². The van der Waals surface area contributed by atoms with Crippen LogP contribution in [0.15, 0.2) is 48.8 Å². The van der Waals surface area contributed by atoms with E-state index >= 15 is 0 Å². The van der Waals surface area contributed by atoms with E-state index in [1.54, 1.807) is 17.2 Å². The van der Waals surface area contributed by atoms with Gasteiger partial charge < -0.3 is 24.9 Å². The molecule has 3 aliphatic heterocycles. The summed E-state index contributed by atoms with van der Waals surface area (Å²) in [5, 5.41) is 3.38. The van der Waals surface area contributed by atoms with Crippen molar-refractivity contribution in [3.8, 4) is 0 Å². The molecule has 3 saturated heterocycles. The van der Waals surface area contributed by atoms with Gasteiger partial charge in [0.2, 0.25) is 17.7 Å². The molecule has 7 rings (SSSR count). The molecular weight excluding hydrogens is 606 g/mol. The molecule has 1 aliphatic carbocycles. The maximum Gasteiger partial charge on any atom is 0.363 e. The van der Waals surface area contributed by atoms with Gasteiger partial charge in [-0.1, -0.05) is 12.1 Å². The number of halogens is 1. The second-order valence-electron chi connectivity index (χ2n) is 12.6. The van der Waals surface area contributed by atoms with Crippen molar-refractivity contribution in [2.75, 3.05) is 6.54 Å². The Kier molecular flexibility index (Phi) is 7.39. The number of amides is 3. The van der Waals surface area contributed by atoms with Crippen molar-refractivity contribution in [1.82, 2.24) is 20.1 Å². The Bertz CT molecular complexity index is 1680. The predicted molar refractivity (Wildman–Crippen MR) is 162 cm³/mol. The summed E-state index contributed by atoms with van der Waals surface area (Å²) in [6.07, 6.45) is 9.85. The maximum absolute atomic E-state index is 14.3. The van der Waals surface area contributed by atoms with Gasteiger partial charge in [0.05, 0.1) is 4.88 Å². The monoisotopic (exact) mass is 640 g/mol. The molecule has 1 saturated carbocycles. The highest BCUT2D eigenvalue weighted by Crippen LogP contribution is 2.55. The van der Waals surface area contributed by atoms with Crippen LogP contribution in [0.2, 0.25) is 0 Å². The van der Waals surface area contributed by atoms with Crippen LogP contribution < -0.4 is 5.32 Å². The molecule has 10 nitrogen and oxygen atoms in total. The average molecular weight is 641 g/mol. The van der Waals surface area contributed by atoms with Gasteiger partial charge in [-0.2, -0.15) is 0 Å². The van der Waals surface area contributed by atoms with Crippen LogP contribution in [0.25, 0.3) is 10.1 Å². The lowest BCUT2D eigenvalue weighted by Crippen LogP contribution is -2.56. The van der Waals surface area contributed by atoms with Crippen molar-refractivity contribution in [2.24, 2.45) is 0 Å². The summed E-state index contributed by atoms with van der Waals surface area (Å²) < 4.78 is 26.3. The van der Waals surface area contributed by atoms with Gasteiger partial charge in [-0.3, -0.25) is 23.9 Å². The third-order valence-electron chi connectivity index (χ3n) is 9.86. The second-order valence-corrected chi connectivity index (χ2v) is 15.4. The van der Waals surface area contributed by atoms with Crippen LogP contribution in [0.3, 0.4) is 0 Å². The predicted octanol–water partition coefficient (Wildman–Crippen LogP) is 4.63. The van der Waals surface area contributed by atoms with E-state index in [1.807, 2.05) is 17.2 Å². The standard InChI is InChI=1S/C31H34FN4O6PS/c32-27(43(40,41)42)18-6-9-25-20(13-18)14-26(44-25)28(37)34-23-5-1-4-22-7-8-24(36(22)29(23)38)30(39)35-17-21(15-31(35)10-11-31)19-3-2-12-33-16-19/h2-3,6,9,12-14,16,21-24,27H,1,4-5,7-8,10-11,15,17H2,(H,34,37)(H2,40,41,42)/t21-,22-,23-,24-,27-/m0/s1. The summed E-state index contributed by atoms with van der Waals surface area (Å²) in [7, 11) is -4.97. The van der Waals surface area contributed by atoms with Crippen LogP contribution in [-0.4, -0.2) is 72.5 Å². The van der Waals surface area contributed by atoms with Crippen LogP contribution in [0, 0.1) is 0 Å². The number of carbonyl (C=O) groups is 3. The third-order valence-corrected chi connectivity index (χ3v) is 11.9. The Morgan fingerprint density at radius 1 is 1.14 bits per heavy atom. The first kappa shape index (κ1) is 29.5. The van der Waals surface area contributed by atoms with Crippen LogP contribution in [-0.2, 0) is 14.2 Å². The van der Waals surface area contributed by atoms with E-state index in [1.165, 1.54) is 18.2 Å². The van der Waals surface area contributed by atoms with Gasteiger partial charge in [-0.05, 0) is 92.1 Å². The van der Waals surface area contributed by atoms with Crippen LogP contribution in [0.1, 0.15) is 84.0 Å². The molecule has 5 atom stereocenters. The molecule has 2 aromatic heterocycles. The number of pyridine rings is 1. The van der Waals surface area contributed by atoms with Crippen molar-refractivity contribution in [3.05, 3.63) is 64.8 Å². The SMILES string of the molecule is O=C(N[C@H]1CCC[C@H]2CC[C@@H](C(=O)N3C[C@@H](c4cccnc4)CC34CC4)N2C1=O)c1cc2cc([C@@H](F)P(=O)(O)O)ccc2s1. The number of benzene rings is 1. The summed E-state index contributed by atoms with van der Waals surface area (Å²) >= 11 is 1.16. The molecule has 1 spiro atoms. The van der Waals surface area contributed by atoms with Crippen molar-refractivity contribution in [1.29, 1.82) is 0 Å². The molecule has 4 fully saturated rings. The number of thiophene rings is 1. The van der Waals surface area contributed by atoms with Gasteiger partial charge in [0.15, 0.2) is 0 Å². The number of hydrogen-bond acceptors (Lipinski definition) is 6. The highest BCUT2D eigenvalue weighted by molar-refractivity contribution is 7.51. The van der Waals surface area contributed by atoms with Gasteiger partial charge in [-0.25, -0.2) is 4.39 Å². The minimum absolute atomic E-state index is 0.0125. The van der Waals surface area contributed by atoms with E-state index < -0.39 is 31.5 Å². The number of carbonyl (C=O) groups excluding carboxylic acids is 3. The summed E-state index contributed by atoms with van der Waals surface area (Å²) in [6, 6.07) is 8.34. The van der Waals surface area contributed by atoms with Gasteiger partial charge in [0.1, 0.15) is 12.1 Å². The molecule has 3 amide bonds. The van der Waals surface area contributed by atoms with E-state index in [0.29, 0.717) is 34.3 Å². The fraction of sp³-hybridized carbons (Fsp3) is 0.484. The minimum Gasteiger partial charge on any atom is -0.340 e. The molecule has 4 aliphatic rings. The highest BCUT2D eigenvalue weighted by Gasteiger charge is 2.58. The smallest absolute Gasteiger partial charge is 0.340 e. The summed E-state index contributed by atoms with van der Waals surface area (Å²) in [4.78, 5) is 68.3. The molecule has 5 heterocycles. The van der Waals surface area contributed by atoms with Gasteiger partial charge in [0, 0.05) is 41.1 Å². The van der Waals surface area contributed by atoms with E-state index in [-0.39, 0.29) is 34.9 Å². The first-order valence-corrected chi connectivity index (χ1v) is 17.6. The van der Waals surface area contributed by atoms with Crippen molar-refractivity contribution >= 4 is 46.7 Å². The highest BCUT2D eigenvalue weighted by atomic mass is 32.1. The quantitative estimate of drug-likeness (QED) is 0.334. The Labute approximate surface area is 257 Å². The molecule has 3 aromatic rings. The number of nitrogens with zero attached hydrogens (tertiary/aromatic N) is 3. The third kappa shape index (κ3) is 5.25. The van der Waals surface area contributed by atoms with Crippen LogP contribution in [0.4, 0.5) is 4.39 Å². The molecule has 1 aromatic carbocycles. The lowest BCUT2D eigenvalue weighted by Gasteiger charge is -2.34. The van der Waals surface area contributed by atoms with E-state index in [2.05, 4.69) is 16.4 Å². The molecule has 0 unspecified atom stereocenters. The molecule has 44 heavy (non-hydrogen) atoms. The lowest BCUT2D eigenvalue weighted by molar-refractivity contribution is -0.147. The van der Waals surface area contributed by atoms with Gasteiger partial charge in [-0.15, -0.1) is 11.3 Å². The molecule has 13 heteroatoms. The zero-order valence-corrected chi connectivity index (χ0v) is 25.7. The number of likely N-dealkylation sites (tertiary alicyclic amines) is 1. The topological polar surface area (TPSA) is 140 Å². The van der Waals surface area contributed by atoms with E-state index in [0.717, 1.165) is 55.4 Å². The van der Waals surface area contributed by atoms with Crippen LogP contribution >= 0.6 is 18.9 Å². The van der Waals surface area contributed by atoms with Crippen molar-refractivity contribution in [3.63, 3.8) is 0 Å². The Balaban J connectivity index is 1.07. The minimum atomic E-state index is -4.97. The zero-order valence-electron chi connectivity index (χ0n) is 24.0. The normalized spacial score (nSPS) is 26.9. The number of rotatable bonds is 6. The maximum atomic E-state index is 14.3. The summed E-state index contributed by atoms with van der Waals surface area (Å²) in [6.45, 7) is 0.624. The van der Waals surface area contributed by atoms with E-state index in [9.17, 15) is 33.1 Å². The summed E-state index contributed by atoms with van der Waals surface area (Å²) in [5.41, 5.74) is 0.839. The number of nitrogens with one attached hydrogen (secondary N) is 1. The second kappa shape index (κ2) is 11.0. The fourth-order valence-electron chi connectivity index (χ4n) is 7.49. The molecule has 232 valence electrons. The Morgan fingerprint density at radius 3 is 2.68 bits per heavy atom. The first-order valence-electron chi connectivity index (χ1n) is 15.1. The molecular formula is C31H34FN4O6PS. The van der Waals surface area contributed by atoms with Crippen LogP contribution in [0.5, 0.6) is 0 Å². The average Bonchev–Trinajstić information content (AvgIpc) is 3.34. The Hall–Kier alpha value is -3.18. The van der Waals surface area contributed by atoms with Gasteiger partial charge >= 0.3 is 7.60 Å². The lowest BCUT2D eigenvalue weighted by atomic mass is 9.97. The molecule has 0 bridgehead atoms. The van der Waals surface area contributed by atoms with Crippen molar-refractivity contribution < 1.29 is 33.1 Å². The van der Waals surface area contributed by atoms with E-state index in [4.69, 9.17) is 0 Å².